The van der Waals surface area contributed by atoms with Crippen LogP contribution < -0.4 is 4.90 Å². The zero-order valence-corrected chi connectivity index (χ0v) is 16.8. The van der Waals surface area contributed by atoms with Crippen molar-refractivity contribution in [1.29, 1.82) is 0 Å². The van der Waals surface area contributed by atoms with Crippen LogP contribution in [0.2, 0.25) is 0 Å². The molecule has 3 aromatic rings. The van der Waals surface area contributed by atoms with E-state index in [0.717, 1.165) is 34.7 Å². The van der Waals surface area contributed by atoms with Crippen molar-refractivity contribution < 1.29 is 14.3 Å². The van der Waals surface area contributed by atoms with E-state index in [-0.39, 0.29) is 18.6 Å². The summed E-state index contributed by atoms with van der Waals surface area (Å²) in [6.45, 7) is 5.63. The van der Waals surface area contributed by atoms with Gasteiger partial charge >= 0.3 is 5.97 Å². The molecule has 4 rings (SSSR count). The minimum Gasteiger partial charge on any atom is -0.452 e. The molecule has 0 saturated heterocycles. The smallest absolute Gasteiger partial charge is 0.338 e. The number of benzene rings is 2. The molecule has 0 radical (unpaired) electrons. The molecule has 6 heteroatoms. The Kier molecular flexibility index (Phi) is 4.92. The molecule has 6 nitrogen and oxygen atoms in total. The van der Waals surface area contributed by atoms with Gasteiger partial charge in [-0.2, -0.15) is 5.10 Å². The van der Waals surface area contributed by atoms with Gasteiger partial charge in [0.1, 0.15) is 0 Å². The standard InChI is InChI=1S/C23H23N3O3/c1-15-12-17(3)26(24-15)20-10-8-18(9-11-20)23(28)29-14-22(27)25-16(2)13-19-6-4-5-7-21(19)25/h4-12,16H,13-14H2,1-3H3/t16-/m1/s1. The molecule has 0 spiro atoms. The summed E-state index contributed by atoms with van der Waals surface area (Å²) in [5.74, 6) is -0.728. The monoisotopic (exact) mass is 389 g/mol. The van der Waals surface area contributed by atoms with Crippen LogP contribution in [0.15, 0.2) is 54.6 Å². The highest BCUT2D eigenvalue weighted by atomic mass is 16.5. The zero-order chi connectivity index (χ0) is 20.5. The Morgan fingerprint density at radius 2 is 1.83 bits per heavy atom. The maximum atomic E-state index is 12.7. The fourth-order valence-electron chi connectivity index (χ4n) is 3.85. The van der Waals surface area contributed by atoms with Crippen molar-refractivity contribution in [2.24, 2.45) is 0 Å². The van der Waals surface area contributed by atoms with Crippen LogP contribution in [0.4, 0.5) is 5.69 Å². The summed E-state index contributed by atoms with van der Waals surface area (Å²) in [5.41, 5.74) is 5.25. The van der Waals surface area contributed by atoms with Gasteiger partial charge in [-0.15, -0.1) is 0 Å². The highest BCUT2D eigenvalue weighted by molar-refractivity contribution is 5.99. The number of anilines is 1. The number of aromatic nitrogens is 2. The average Bonchev–Trinajstić information content (AvgIpc) is 3.23. The summed E-state index contributed by atoms with van der Waals surface area (Å²) in [6.07, 6.45) is 0.809. The van der Waals surface area contributed by atoms with E-state index < -0.39 is 5.97 Å². The molecule has 2 heterocycles. The summed E-state index contributed by atoms with van der Waals surface area (Å²) in [6, 6.07) is 16.9. The molecule has 0 saturated carbocycles. The number of amides is 1. The zero-order valence-electron chi connectivity index (χ0n) is 16.8. The second-order valence-electron chi connectivity index (χ2n) is 7.41. The number of nitrogens with zero attached hydrogens (tertiary/aromatic N) is 3. The average molecular weight is 389 g/mol. The molecular formula is C23H23N3O3. The van der Waals surface area contributed by atoms with E-state index in [4.69, 9.17) is 4.74 Å². The van der Waals surface area contributed by atoms with Crippen LogP contribution in [0.1, 0.15) is 34.2 Å². The normalized spacial score (nSPS) is 15.3. The molecule has 0 aliphatic carbocycles. The van der Waals surface area contributed by atoms with Crippen molar-refractivity contribution >= 4 is 17.6 Å². The van der Waals surface area contributed by atoms with Crippen LogP contribution in [0.3, 0.4) is 0 Å². The van der Waals surface area contributed by atoms with Gasteiger partial charge in [0, 0.05) is 17.4 Å². The maximum absolute atomic E-state index is 12.7. The van der Waals surface area contributed by atoms with Crippen molar-refractivity contribution in [3.05, 3.63) is 77.1 Å². The van der Waals surface area contributed by atoms with Gasteiger partial charge in [-0.25, -0.2) is 9.48 Å². The van der Waals surface area contributed by atoms with Gasteiger partial charge in [-0.1, -0.05) is 18.2 Å². The highest BCUT2D eigenvalue weighted by Crippen LogP contribution is 2.31. The highest BCUT2D eigenvalue weighted by Gasteiger charge is 2.31. The number of ether oxygens (including phenoxy) is 1. The molecular weight excluding hydrogens is 366 g/mol. The Morgan fingerprint density at radius 1 is 1.10 bits per heavy atom. The fourth-order valence-corrected chi connectivity index (χ4v) is 3.85. The number of esters is 1. The number of hydrogen-bond acceptors (Lipinski definition) is 4. The first-order chi connectivity index (χ1) is 13.9. The molecule has 0 bridgehead atoms. The minimum atomic E-state index is -0.515. The Morgan fingerprint density at radius 3 is 2.52 bits per heavy atom. The third-order valence-electron chi connectivity index (χ3n) is 5.16. The lowest BCUT2D eigenvalue weighted by atomic mass is 10.1. The molecule has 29 heavy (non-hydrogen) atoms. The SMILES string of the molecule is Cc1cc(C)n(-c2ccc(C(=O)OCC(=O)N3c4ccccc4C[C@H]3C)cc2)n1. The van der Waals surface area contributed by atoms with Crippen LogP contribution in [0.25, 0.3) is 5.69 Å². The molecule has 1 aliphatic rings. The van der Waals surface area contributed by atoms with Crippen molar-refractivity contribution in [2.45, 2.75) is 33.2 Å². The van der Waals surface area contributed by atoms with Crippen LogP contribution >= 0.6 is 0 Å². The number of hydrogen-bond donors (Lipinski definition) is 0. The van der Waals surface area contributed by atoms with Crippen molar-refractivity contribution in [3.8, 4) is 5.69 Å². The minimum absolute atomic E-state index is 0.0543. The Hall–Kier alpha value is -3.41. The molecule has 148 valence electrons. The van der Waals surface area contributed by atoms with E-state index >= 15 is 0 Å². The largest absolute Gasteiger partial charge is 0.452 e. The molecule has 1 atom stereocenters. The van der Waals surface area contributed by atoms with Gasteiger partial charge in [0.05, 0.1) is 16.9 Å². The third kappa shape index (κ3) is 3.66. The van der Waals surface area contributed by atoms with Gasteiger partial charge in [-0.05, 0) is 69.2 Å². The van der Waals surface area contributed by atoms with Gasteiger partial charge < -0.3 is 9.64 Å². The summed E-state index contributed by atoms with van der Waals surface area (Å²) in [4.78, 5) is 26.8. The first-order valence-corrected chi connectivity index (χ1v) is 9.65. The van der Waals surface area contributed by atoms with Crippen LogP contribution in [-0.2, 0) is 16.0 Å². The first-order valence-electron chi connectivity index (χ1n) is 9.65. The Bertz CT molecular complexity index is 1070. The van der Waals surface area contributed by atoms with E-state index in [2.05, 4.69) is 5.10 Å². The van der Waals surface area contributed by atoms with Crippen molar-refractivity contribution in [1.82, 2.24) is 9.78 Å². The third-order valence-corrected chi connectivity index (χ3v) is 5.16. The molecule has 1 aliphatic heterocycles. The summed E-state index contributed by atoms with van der Waals surface area (Å²) in [5, 5.41) is 4.43. The topological polar surface area (TPSA) is 64.4 Å². The fraction of sp³-hybridized carbons (Fsp3) is 0.261. The van der Waals surface area contributed by atoms with Crippen molar-refractivity contribution in [2.75, 3.05) is 11.5 Å². The van der Waals surface area contributed by atoms with E-state index in [9.17, 15) is 9.59 Å². The summed E-state index contributed by atoms with van der Waals surface area (Å²) >= 11 is 0. The van der Waals surface area contributed by atoms with Gasteiger partial charge in [-0.3, -0.25) is 4.79 Å². The quantitative estimate of drug-likeness (QED) is 0.639. The molecule has 0 fully saturated rings. The van der Waals surface area contributed by atoms with E-state index in [0.29, 0.717) is 5.56 Å². The van der Waals surface area contributed by atoms with E-state index in [1.54, 1.807) is 17.0 Å². The van der Waals surface area contributed by atoms with Gasteiger partial charge in [0.15, 0.2) is 6.61 Å². The predicted octanol–water partition coefficient (Wildman–Crippen LogP) is 3.62. The number of aryl methyl sites for hydroxylation is 2. The second kappa shape index (κ2) is 7.54. The molecule has 0 unspecified atom stereocenters. The molecule has 2 aromatic carbocycles. The molecule has 0 N–H and O–H groups in total. The Balaban J connectivity index is 1.41. The summed E-state index contributed by atoms with van der Waals surface area (Å²) in [7, 11) is 0. The number of carbonyl (C=O) groups is 2. The first kappa shape index (κ1) is 18.9. The van der Waals surface area contributed by atoms with E-state index in [1.165, 1.54) is 0 Å². The second-order valence-corrected chi connectivity index (χ2v) is 7.41. The van der Waals surface area contributed by atoms with Gasteiger partial charge in [0.25, 0.3) is 5.91 Å². The number of carbonyl (C=O) groups excluding carboxylic acids is 2. The van der Waals surface area contributed by atoms with Crippen LogP contribution in [0.5, 0.6) is 0 Å². The number of para-hydroxylation sites is 1. The number of rotatable bonds is 4. The van der Waals surface area contributed by atoms with Crippen LogP contribution in [0, 0.1) is 13.8 Å². The predicted molar refractivity (Wildman–Crippen MR) is 110 cm³/mol. The summed E-state index contributed by atoms with van der Waals surface area (Å²) < 4.78 is 7.11. The van der Waals surface area contributed by atoms with E-state index in [1.807, 2.05) is 67.9 Å². The van der Waals surface area contributed by atoms with Crippen molar-refractivity contribution in [3.63, 3.8) is 0 Å². The van der Waals surface area contributed by atoms with Gasteiger partial charge in [0.2, 0.25) is 0 Å². The van der Waals surface area contributed by atoms with Crippen LogP contribution in [-0.4, -0.2) is 34.3 Å². The lowest BCUT2D eigenvalue weighted by Gasteiger charge is -2.22. The molecule has 1 amide bonds. The lowest BCUT2D eigenvalue weighted by Crippen LogP contribution is -2.38. The molecule has 1 aromatic heterocycles. The number of fused-ring (bicyclic) bond motifs is 1. The maximum Gasteiger partial charge on any atom is 0.338 e. The Labute approximate surface area is 169 Å². The lowest BCUT2D eigenvalue weighted by molar-refractivity contribution is -0.122.